The van der Waals surface area contributed by atoms with Crippen molar-refractivity contribution < 1.29 is 0 Å². The summed E-state index contributed by atoms with van der Waals surface area (Å²) >= 11 is 2.31. The van der Waals surface area contributed by atoms with Crippen molar-refractivity contribution in [1.82, 2.24) is 5.32 Å². The van der Waals surface area contributed by atoms with Gasteiger partial charge in [-0.25, -0.2) is 0 Å². The largest absolute Gasteiger partial charge is 0.297 e. The van der Waals surface area contributed by atoms with Crippen LogP contribution in [0.3, 0.4) is 0 Å². The molecule has 0 aliphatic heterocycles. The lowest BCUT2D eigenvalue weighted by Crippen LogP contribution is -2.30. The summed E-state index contributed by atoms with van der Waals surface area (Å²) in [7, 11) is 0. The topological polar surface area (TPSA) is 12.0 Å². The van der Waals surface area contributed by atoms with Crippen LogP contribution in [0.2, 0.25) is 0 Å². The van der Waals surface area contributed by atoms with E-state index in [-0.39, 0.29) is 6.04 Å². The van der Waals surface area contributed by atoms with Crippen molar-refractivity contribution in [3.63, 3.8) is 0 Å². The molecule has 1 aromatic rings. The maximum Gasteiger partial charge on any atom is 0.0691 e. The average Bonchev–Trinajstić information content (AvgIpc) is 2.29. The summed E-state index contributed by atoms with van der Waals surface area (Å²) in [6.45, 7) is 4.31. The van der Waals surface area contributed by atoms with Crippen molar-refractivity contribution in [2.45, 2.75) is 38.8 Å². The molecule has 0 bridgehead atoms. The molecule has 0 fully saturated rings. The summed E-state index contributed by atoms with van der Waals surface area (Å²) in [6.07, 6.45) is 7.64. The van der Waals surface area contributed by atoms with E-state index >= 15 is 0 Å². The van der Waals surface area contributed by atoms with Gasteiger partial charge in [-0.1, -0.05) is 31.4 Å². The SMILES string of the molecule is C#CC(CCC)NC(C)c1ccc(I)cc1. The van der Waals surface area contributed by atoms with Crippen molar-refractivity contribution in [1.29, 1.82) is 0 Å². The van der Waals surface area contributed by atoms with E-state index in [1.54, 1.807) is 0 Å². The molecule has 0 amide bonds. The lowest BCUT2D eigenvalue weighted by molar-refractivity contribution is 0.495. The van der Waals surface area contributed by atoms with Gasteiger partial charge in [-0.3, -0.25) is 5.32 Å². The Morgan fingerprint density at radius 2 is 2.00 bits per heavy atom. The lowest BCUT2D eigenvalue weighted by atomic mass is 10.1. The van der Waals surface area contributed by atoms with Gasteiger partial charge in [0.05, 0.1) is 6.04 Å². The zero-order chi connectivity index (χ0) is 12.0. The number of benzene rings is 1. The molecule has 2 unspecified atom stereocenters. The van der Waals surface area contributed by atoms with E-state index < -0.39 is 0 Å². The van der Waals surface area contributed by atoms with Gasteiger partial charge < -0.3 is 0 Å². The summed E-state index contributed by atoms with van der Waals surface area (Å²) in [5.74, 6) is 2.80. The second-order valence-electron chi connectivity index (χ2n) is 3.95. The first-order valence-corrected chi connectivity index (χ1v) is 6.73. The molecule has 0 aliphatic carbocycles. The fraction of sp³-hybridized carbons (Fsp3) is 0.429. The van der Waals surface area contributed by atoms with Gasteiger partial charge in [0.15, 0.2) is 0 Å². The third-order valence-electron chi connectivity index (χ3n) is 2.60. The molecule has 0 heterocycles. The fourth-order valence-corrected chi connectivity index (χ4v) is 2.01. The minimum Gasteiger partial charge on any atom is -0.297 e. The minimum atomic E-state index is 0.180. The molecule has 0 radical (unpaired) electrons. The summed E-state index contributed by atoms with van der Waals surface area (Å²) in [6, 6.07) is 9.04. The summed E-state index contributed by atoms with van der Waals surface area (Å²) in [5, 5.41) is 3.46. The van der Waals surface area contributed by atoms with Gasteiger partial charge in [0.2, 0.25) is 0 Å². The second-order valence-corrected chi connectivity index (χ2v) is 5.19. The van der Waals surface area contributed by atoms with Crippen LogP contribution in [-0.2, 0) is 0 Å². The predicted molar refractivity (Wildman–Crippen MR) is 78.2 cm³/mol. The fourth-order valence-electron chi connectivity index (χ4n) is 1.65. The summed E-state index contributed by atoms with van der Waals surface area (Å²) in [5.41, 5.74) is 1.29. The summed E-state index contributed by atoms with van der Waals surface area (Å²) < 4.78 is 1.26. The smallest absolute Gasteiger partial charge is 0.0691 e. The van der Waals surface area contributed by atoms with E-state index in [0.717, 1.165) is 12.8 Å². The Balaban J connectivity index is 2.61. The number of hydrogen-bond donors (Lipinski definition) is 1. The van der Waals surface area contributed by atoms with Crippen LogP contribution in [0.15, 0.2) is 24.3 Å². The Morgan fingerprint density at radius 3 is 2.50 bits per heavy atom. The molecular formula is C14H18IN. The average molecular weight is 327 g/mol. The number of nitrogens with one attached hydrogen (secondary N) is 1. The van der Waals surface area contributed by atoms with Crippen molar-refractivity contribution in [2.24, 2.45) is 0 Å². The maximum atomic E-state index is 5.50. The van der Waals surface area contributed by atoms with Crippen molar-refractivity contribution in [3.05, 3.63) is 33.4 Å². The predicted octanol–water partition coefficient (Wildman–Crippen LogP) is 3.74. The molecule has 0 saturated carbocycles. The van der Waals surface area contributed by atoms with Crippen LogP contribution in [-0.4, -0.2) is 6.04 Å². The normalized spacial score (nSPS) is 14.1. The molecule has 0 saturated heterocycles. The third kappa shape index (κ3) is 4.15. The molecule has 1 rings (SSSR count). The van der Waals surface area contributed by atoms with Gasteiger partial charge in [-0.05, 0) is 53.6 Å². The molecule has 16 heavy (non-hydrogen) atoms. The lowest BCUT2D eigenvalue weighted by Gasteiger charge is -2.19. The van der Waals surface area contributed by atoms with E-state index in [4.69, 9.17) is 6.42 Å². The highest BCUT2D eigenvalue weighted by atomic mass is 127. The third-order valence-corrected chi connectivity index (χ3v) is 3.32. The van der Waals surface area contributed by atoms with Crippen LogP contribution < -0.4 is 5.32 Å². The van der Waals surface area contributed by atoms with E-state index in [1.807, 2.05) is 0 Å². The van der Waals surface area contributed by atoms with E-state index in [2.05, 4.69) is 71.9 Å². The van der Waals surface area contributed by atoms with Gasteiger partial charge in [0, 0.05) is 9.61 Å². The molecule has 86 valence electrons. The molecular weight excluding hydrogens is 309 g/mol. The highest BCUT2D eigenvalue weighted by molar-refractivity contribution is 14.1. The summed E-state index contributed by atoms with van der Waals surface area (Å²) in [4.78, 5) is 0. The van der Waals surface area contributed by atoms with Crippen molar-refractivity contribution in [3.8, 4) is 12.3 Å². The van der Waals surface area contributed by atoms with E-state index in [1.165, 1.54) is 9.13 Å². The Bertz CT molecular complexity index is 350. The standard InChI is InChI=1S/C14H18IN/c1-4-6-14(5-2)16-11(3)12-7-9-13(15)10-8-12/h2,7-11,14,16H,4,6H2,1,3H3. The van der Waals surface area contributed by atoms with Crippen LogP contribution in [0.5, 0.6) is 0 Å². The van der Waals surface area contributed by atoms with Crippen LogP contribution >= 0.6 is 22.6 Å². The molecule has 0 aliphatic rings. The molecule has 2 heteroatoms. The quantitative estimate of drug-likeness (QED) is 0.642. The Kier molecular flexibility index (Phi) is 5.86. The van der Waals surface area contributed by atoms with Crippen molar-refractivity contribution >= 4 is 22.6 Å². The molecule has 1 N–H and O–H groups in total. The molecule has 1 aromatic carbocycles. The van der Waals surface area contributed by atoms with Crippen LogP contribution in [0.1, 0.15) is 38.3 Å². The molecule has 1 nitrogen and oxygen atoms in total. The Morgan fingerprint density at radius 1 is 1.38 bits per heavy atom. The van der Waals surface area contributed by atoms with Crippen molar-refractivity contribution in [2.75, 3.05) is 0 Å². The van der Waals surface area contributed by atoms with Gasteiger partial charge in [-0.2, -0.15) is 0 Å². The molecule has 2 atom stereocenters. The number of hydrogen-bond acceptors (Lipinski definition) is 1. The highest BCUT2D eigenvalue weighted by Crippen LogP contribution is 2.15. The number of terminal acetylenes is 1. The zero-order valence-corrected chi connectivity index (χ0v) is 12.0. The highest BCUT2D eigenvalue weighted by Gasteiger charge is 2.09. The Labute approximate surface area is 112 Å². The Hall–Kier alpha value is -0.530. The van der Waals surface area contributed by atoms with Crippen LogP contribution in [0.4, 0.5) is 0 Å². The molecule has 0 aromatic heterocycles. The monoisotopic (exact) mass is 327 g/mol. The maximum absolute atomic E-state index is 5.50. The zero-order valence-electron chi connectivity index (χ0n) is 9.83. The van der Waals surface area contributed by atoms with E-state index in [0.29, 0.717) is 6.04 Å². The number of halogens is 1. The van der Waals surface area contributed by atoms with Gasteiger partial charge in [0.25, 0.3) is 0 Å². The van der Waals surface area contributed by atoms with Crippen LogP contribution in [0.25, 0.3) is 0 Å². The minimum absolute atomic E-state index is 0.180. The van der Waals surface area contributed by atoms with E-state index in [9.17, 15) is 0 Å². The van der Waals surface area contributed by atoms with Gasteiger partial charge in [0.1, 0.15) is 0 Å². The number of rotatable bonds is 5. The first kappa shape index (κ1) is 13.5. The van der Waals surface area contributed by atoms with Gasteiger partial charge in [-0.15, -0.1) is 6.42 Å². The molecule has 0 spiro atoms. The first-order valence-electron chi connectivity index (χ1n) is 5.65. The van der Waals surface area contributed by atoms with Gasteiger partial charge >= 0.3 is 0 Å². The second kappa shape index (κ2) is 6.93. The first-order chi connectivity index (χ1) is 7.67. The van der Waals surface area contributed by atoms with Crippen LogP contribution in [0, 0.1) is 15.9 Å².